The molecule has 0 aliphatic carbocycles. The van der Waals surface area contributed by atoms with Crippen LogP contribution < -0.4 is 4.90 Å². The number of amides is 1. The van der Waals surface area contributed by atoms with Crippen LogP contribution in [0, 0.1) is 20.8 Å². The van der Waals surface area contributed by atoms with E-state index in [0.717, 1.165) is 40.6 Å². The molecule has 4 rings (SSSR count). The molecule has 1 aromatic carbocycles. The fourth-order valence-corrected chi connectivity index (χ4v) is 3.85. The van der Waals surface area contributed by atoms with Crippen LogP contribution in [0.3, 0.4) is 0 Å². The summed E-state index contributed by atoms with van der Waals surface area (Å²) in [5.41, 5.74) is 2.71. The number of halogens is 1. The lowest BCUT2D eigenvalue weighted by Crippen LogP contribution is -2.49. The summed E-state index contributed by atoms with van der Waals surface area (Å²) in [6.07, 6.45) is 0. The standard InChI is InChI=1S/C21H23BrN6O/c1-14-12-15(2)28(25-14)20-13-19(23-16(3)24-20)26-8-10-27(11-9-26)21(29)17-4-6-18(22)7-5-17/h4-7,12-13H,8-11H2,1-3H3. The van der Waals surface area contributed by atoms with Gasteiger partial charge in [0, 0.05) is 48.0 Å². The smallest absolute Gasteiger partial charge is 0.253 e. The number of benzene rings is 1. The second-order valence-electron chi connectivity index (χ2n) is 7.26. The van der Waals surface area contributed by atoms with Gasteiger partial charge in [0.1, 0.15) is 11.6 Å². The Morgan fingerprint density at radius 3 is 2.21 bits per heavy atom. The number of hydrogen-bond donors (Lipinski definition) is 0. The molecular weight excluding hydrogens is 432 g/mol. The molecule has 0 radical (unpaired) electrons. The zero-order valence-corrected chi connectivity index (χ0v) is 18.3. The molecule has 3 aromatic rings. The molecule has 1 saturated heterocycles. The zero-order valence-electron chi connectivity index (χ0n) is 16.8. The number of hydrogen-bond acceptors (Lipinski definition) is 5. The third-order valence-corrected chi connectivity index (χ3v) is 5.55. The van der Waals surface area contributed by atoms with Gasteiger partial charge in [0.25, 0.3) is 5.91 Å². The first-order valence-corrected chi connectivity index (χ1v) is 10.4. The Morgan fingerprint density at radius 1 is 0.931 bits per heavy atom. The molecule has 0 saturated carbocycles. The van der Waals surface area contributed by atoms with Crippen LogP contribution in [0.1, 0.15) is 27.6 Å². The van der Waals surface area contributed by atoms with Gasteiger partial charge in [-0.15, -0.1) is 0 Å². The van der Waals surface area contributed by atoms with Crippen LogP contribution in [-0.2, 0) is 0 Å². The van der Waals surface area contributed by atoms with Crippen LogP contribution in [0.2, 0.25) is 0 Å². The van der Waals surface area contributed by atoms with Crippen LogP contribution in [0.15, 0.2) is 40.9 Å². The highest BCUT2D eigenvalue weighted by Gasteiger charge is 2.23. The average molecular weight is 455 g/mol. The highest BCUT2D eigenvalue weighted by atomic mass is 79.9. The third-order valence-electron chi connectivity index (χ3n) is 5.02. The lowest BCUT2D eigenvalue weighted by Gasteiger charge is -2.35. The second-order valence-corrected chi connectivity index (χ2v) is 8.17. The maximum atomic E-state index is 12.7. The van der Waals surface area contributed by atoms with E-state index in [1.807, 2.05) is 66.8 Å². The molecule has 0 bridgehead atoms. The van der Waals surface area contributed by atoms with E-state index in [1.165, 1.54) is 0 Å². The van der Waals surface area contributed by atoms with E-state index < -0.39 is 0 Å². The molecule has 0 spiro atoms. The molecule has 7 nitrogen and oxygen atoms in total. The fourth-order valence-electron chi connectivity index (χ4n) is 3.58. The maximum absolute atomic E-state index is 12.7. The molecular formula is C21H23BrN6O. The molecule has 1 aliphatic heterocycles. The van der Waals surface area contributed by atoms with Gasteiger partial charge in [-0.3, -0.25) is 4.79 Å². The van der Waals surface area contributed by atoms with E-state index in [2.05, 4.69) is 35.9 Å². The van der Waals surface area contributed by atoms with Gasteiger partial charge >= 0.3 is 0 Å². The van der Waals surface area contributed by atoms with Gasteiger partial charge in [-0.2, -0.15) is 5.10 Å². The van der Waals surface area contributed by atoms with Gasteiger partial charge in [-0.1, -0.05) is 15.9 Å². The van der Waals surface area contributed by atoms with Gasteiger partial charge < -0.3 is 9.80 Å². The van der Waals surface area contributed by atoms with Gasteiger partial charge in [-0.05, 0) is 51.1 Å². The molecule has 0 unspecified atom stereocenters. The van der Waals surface area contributed by atoms with Crippen molar-refractivity contribution in [3.05, 3.63) is 63.6 Å². The minimum atomic E-state index is 0.0688. The van der Waals surface area contributed by atoms with E-state index in [-0.39, 0.29) is 5.91 Å². The minimum Gasteiger partial charge on any atom is -0.353 e. The van der Waals surface area contributed by atoms with Crippen molar-refractivity contribution in [2.24, 2.45) is 0 Å². The molecule has 150 valence electrons. The molecule has 2 aromatic heterocycles. The summed E-state index contributed by atoms with van der Waals surface area (Å²) >= 11 is 3.41. The fraction of sp³-hybridized carbons (Fsp3) is 0.333. The Hall–Kier alpha value is -2.74. The molecule has 0 atom stereocenters. The predicted molar refractivity (Wildman–Crippen MR) is 116 cm³/mol. The number of aryl methyl sites for hydroxylation is 3. The first-order chi connectivity index (χ1) is 13.9. The Labute approximate surface area is 178 Å². The summed E-state index contributed by atoms with van der Waals surface area (Å²) in [7, 11) is 0. The van der Waals surface area contributed by atoms with Crippen LogP contribution >= 0.6 is 15.9 Å². The zero-order chi connectivity index (χ0) is 20.5. The van der Waals surface area contributed by atoms with Gasteiger partial charge in [-0.25, -0.2) is 14.6 Å². The van der Waals surface area contributed by atoms with Gasteiger partial charge in [0.05, 0.1) is 5.69 Å². The number of carbonyl (C=O) groups is 1. The Kier molecular flexibility index (Phi) is 5.36. The largest absolute Gasteiger partial charge is 0.353 e. The molecule has 1 aliphatic rings. The minimum absolute atomic E-state index is 0.0688. The van der Waals surface area contributed by atoms with Crippen LogP contribution in [0.5, 0.6) is 0 Å². The maximum Gasteiger partial charge on any atom is 0.253 e. The summed E-state index contributed by atoms with van der Waals surface area (Å²) in [6, 6.07) is 11.5. The summed E-state index contributed by atoms with van der Waals surface area (Å²) in [6.45, 7) is 8.67. The van der Waals surface area contributed by atoms with Gasteiger partial charge in [0.15, 0.2) is 5.82 Å². The van der Waals surface area contributed by atoms with Crippen molar-refractivity contribution in [2.45, 2.75) is 20.8 Å². The van der Waals surface area contributed by atoms with E-state index in [1.54, 1.807) is 0 Å². The summed E-state index contributed by atoms with van der Waals surface area (Å²) in [5.74, 6) is 2.42. The Balaban J connectivity index is 1.49. The quantitative estimate of drug-likeness (QED) is 0.607. The molecule has 0 N–H and O–H groups in total. The molecule has 3 heterocycles. The molecule has 29 heavy (non-hydrogen) atoms. The Morgan fingerprint density at radius 2 is 1.59 bits per heavy atom. The van der Waals surface area contributed by atoms with Crippen molar-refractivity contribution < 1.29 is 4.79 Å². The van der Waals surface area contributed by atoms with Crippen molar-refractivity contribution in [2.75, 3.05) is 31.1 Å². The summed E-state index contributed by atoms with van der Waals surface area (Å²) in [5, 5.41) is 4.53. The lowest BCUT2D eigenvalue weighted by atomic mass is 10.2. The van der Waals surface area contributed by atoms with Gasteiger partial charge in [0.2, 0.25) is 0 Å². The molecule has 1 amide bonds. The third kappa shape index (κ3) is 4.17. The van der Waals surface area contributed by atoms with Crippen molar-refractivity contribution in [1.29, 1.82) is 0 Å². The number of aromatic nitrogens is 4. The topological polar surface area (TPSA) is 67.2 Å². The normalized spacial score (nSPS) is 14.3. The highest BCUT2D eigenvalue weighted by Crippen LogP contribution is 2.20. The number of carbonyl (C=O) groups excluding carboxylic acids is 1. The monoisotopic (exact) mass is 454 g/mol. The Bertz CT molecular complexity index is 1040. The SMILES string of the molecule is Cc1cc(C)n(-c2cc(N3CCN(C(=O)c4ccc(Br)cc4)CC3)nc(C)n2)n1. The number of piperazine rings is 1. The van der Waals surface area contributed by atoms with Crippen molar-refractivity contribution in [3.63, 3.8) is 0 Å². The van der Waals surface area contributed by atoms with Crippen LogP contribution in [-0.4, -0.2) is 56.7 Å². The summed E-state index contributed by atoms with van der Waals surface area (Å²) in [4.78, 5) is 26.0. The average Bonchev–Trinajstić information content (AvgIpc) is 3.06. The second kappa shape index (κ2) is 7.94. The first kappa shape index (κ1) is 19.6. The van der Waals surface area contributed by atoms with Crippen LogP contribution in [0.4, 0.5) is 5.82 Å². The molecule has 8 heteroatoms. The first-order valence-electron chi connectivity index (χ1n) is 9.60. The number of rotatable bonds is 3. The number of anilines is 1. The van der Waals surface area contributed by atoms with E-state index in [9.17, 15) is 4.79 Å². The summed E-state index contributed by atoms with van der Waals surface area (Å²) < 4.78 is 2.82. The highest BCUT2D eigenvalue weighted by molar-refractivity contribution is 9.10. The van der Waals surface area contributed by atoms with Crippen molar-refractivity contribution >= 4 is 27.7 Å². The van der Waals surface area contributed by atoms with Crippen molar-refractivity contribution in [3.8, 4) is 5.82 Å². The van der Waals surface area contributed by atoms with E-state index in [0.29, 0.717) is 24.5 Å². The van der Waals surface area contributed by atoms with E-state index in [4.69, 9.17) is 0 Å². The van der Waals surface area contributed by atoms with Crippen LogP contribution in [0.25, 0.3) is 5.82 Å². The van der Waals surface area contributed by atoms with E-state index >= 15 is 0 Å². The number of nitrogens with zero attached hydrogens (tertiary/aromatic N) is 6. The lowest BCUT2D eigenvalue weighted by molar-refractivity contribution is 0.0746. The predicted octanol–water partition coefficient (Wildman–Crippen LogP) is 3.31. The van der Waals surface area contributed by atoms with Crippen molar-refractivity contribution in [1.82, 2.24) is 24.6 Å². The molecule has 1 fully saturated rings.